The minimum atomic E-state index is -4.82. The van der Waals surface area contributed by atoms with Crippen molar-refractivity contribution < 1.29 is 27.4 Å². The number of nitriles is 1. The summed E-state index contributed by atoms with van der Waals surface area (Å²) in [4.78, 5) is 11.4. The lowest BCUT2D eigenvalue weighted by atomic mass is 10.1. The molecule has 1 rings (SSSR count). The number of carbonyl (C=O) groups excluding carboxylic acids is 1. The van der Waals surface area contributed by atoms with E-state index in [0.717, 1.165) is 0 Å². The largest absolute Gasteiger partial charge is 0.573 e. The Morgan fingerprint density at radius 1 is 1.36 bits per heavy atom. The molecule has 0 heterocycles. The maximum Gasteiger partial charge on any atom is 0.573 e. The zero-order valence-corrected chi connectivity index (χ0v) is 11.9. The molecule has 0 saturated carbocycles. The van der Waals surface area contributed by atoms with E-state index in [4.69, 9.17) is 10.00 Å². The van der Waals surface area contributed by atoms with Crippen molar-refractivity contribution in [1.29, 1.82) is 5.26 Å². The van der Waals surface area contributed by atoms with Gasteiger partial charge in [-0.1, -0.05) is 6.07 Å². The summed E-state index contributed by atoms with van der Waals surface area (Å²) in [6, 6.07) is 5.88. The maximum atomic E-state index is 12.4. The van der Waals surface area contributed by atoms with Crippen LogP contribution in [0.25, 0.3) is 0 Å². The standard InChI is InChI=1S/C14H15F3N2O3/c1-2-21-11-5-3-10(4-6-13(20)19-8-7-18)9-12(11)22-14(15,16)17/h3,5,9H,2,4,6,8H2,1H3,(H,19,20). The summed E-state index contributed by atoms with van der Waals surface area (Å²) >= 11 is 0. The van der Waals surface area contributed by atoms with Crippen LogP contribution in [0.2, 0.25) is 0 Å². The van der Waals surface area contributed by atoms with E-state index in [1.165, 1.54) is 12.1 Å². The van der Waals surface area contributed by atoms with Crippen molar-refractivity contribution >= 4 is 5.91 Å². The smallest absolute Gasteiger partial charge is 0.490 e. The first-order chi connectivity index (χ1) is 10.4. The Balaban J connectivity index is 2.78. The van der Waals surface area contributed by atoms with E-state index in [1.807, 2.05) is 0 Å². The van der Waals surface area contributed by atoms with Crippen LogP contribution in [0, 0.1) is 11.3 Å². The van der Waals surface area contributed by atoms with E-state index < -0.39 is 12.1 Å². The van der Waals surface area contributed by atoms with Crippen molar-refractivity contribution in [2.45, 2.75) is 26.1 Å². The number of alkyl halides is 3. The van der Waals surface area contributed by atoms with Gasteiger partial charge in [0.2, 0.25) is 5.91 Å². The molecule has 1 N–H and O–H groups in total. The maximum absolute atomic E-state index is 12.4. The van der Waals surface area contributed by atoms with Crippen LogP contribution in [0.4, 0.5) is 13.2 Å². The molecule has 0 unspecified atom stereocenters. The van der Waals surface area contributed by atoms with E-state index in [-0.39, 0.29) is 37.6 Å². The molecule has 0 saturated heterocycles. The van der Waals surface area contributed by atoms with Gasteiger partial charge in [-0.15, -0.1) is 13.2 Å². The number of hydrogen-bond acceptors (Lipinski definition) is 4. The number of ether oxygens (including phenoxy) is 2. The van der Waals surface area contributed by atoms with Crippen molar-refractivity contribution in [1.82, 2.24) is 5.32 Å². The molecule has 0 atom stereocenters. The molecule has 0 aliphatic carbocycles. The van der Waals surface area contributed by atoms with Crippen molar-refractivity contribution in [3.8, 4) is 17.6 Å². The second kappa shape index (κ2) is 8.12. The fourth-order valence-electron chi connectivity index (χ4n) is 1.67. The Morgan fingerprint density at radius 2 is 2.09 bits per heavy atom. The number of rotatable bonds is 7. The number of aryl methyl sites for hydroxylation is 1. The Hall–Kier alpha value is -2.43. The molecule has 0 spiro atoms. The molecular formula is C14H15F3N2O3. The van der Waals surface area contributed by atoms with Crippen LogP contribution in [0.1, 0.15) is 18.9 Å². The summed E-state index contributed by atoms with van der Waals surface area (Å²) in [5.41, 5.74) is 0.495. The second-order valence-electron chi connectivity index (χ2n) is 4.20. The van der Waals surface area contributed by atoms with Gasteiger partial charge in [-0.25, -0.2) is 0 Å². The summed E-state index contributed by atoms with van der Waals surface area (Å²) in [5.74, 6) is -0.810. The molecule has 5 nitrogen and oxygen atoms in total. The number of benzene rings is 1. The number of halogens is 3. The summed E-state index contributed by atoms with van der Waals surface area (Å²) < 4.78 is 46.1. The average Bonchev–Trinajstić information content (AvgIpc) is 2.44. The van der Waals surface area contributed by atoms with Gasteiger partial charge in [0.05, 0.1) is 12.7 Å². The van der Waals surface area contributed by atoms with Gasteiger partial charge in [0.1, 0.15) is 6.54 Å². The van der Waals surface area contributed by atoms with E-state index in [2.05, 4.69) is 10.1 Å². The quantitative estimate of drug-likeness (QED) is 0.785. The normalized spacial score (nSPS) is 10.7. The summed E-state index contributed by atoms with van der Waals surface area (Å²) in [6.45, 7) is 1.74. The second-order valence-corrected chi connectivity index (χ2v) is 4.20. The Bertz CT molecular complexity index is 553. The van der Waals surface area contributed by atoms with E-state index >= 15 is 0 Å². The minimum absolute atomic E-state index is 0.0162. The van der Waals surface area contributed by atoms with Crippen LogP contribution in [-0.4, -0.2) is 25.4 Å². The number of nitrogens with zero attached hydrogens (tertiary/aromatic N) is 1. The zero-order valence-electron chi connectivity index (χ0n) is 11.9. The molecular weight excluding hydrogens is 301 g/mol. The third kappa shape index (κ3) is 6.35. The third-order valence-corrected chi connectivity index (χ3v) is 2.54. The monoisotopic (exact) mass is 316 g/mol. The van der Waals surface area contributed by atoms with Crippen molar-refractivity contribution in [3.63, 3.8) is 0 Å². The highest BCUT2D eigenvalue weighted by molar-refractivity contribution is 5.76. The Morgan fingerprint density at radius 3 is 2.68 bits per heavy atom. The highest BCUT2D eigenvalue weighted by Crippen LogP contribution is 2.33. The lowest BCUT2D eigenvalue weighted by Crippen LogP contribution is -2.23. The molecule has 0 fully saturated rings. The van der Waals surface area contributed by atoms with Gasteiger partial charge in [0.25, 0.3) is 0 Å². The number of hydrogen-bond donors (Lipinski definition) is 1. The Labute approximate surface area is 125 Å². The predicted molar refractivity (Wildman–Crippen MR) is 71.2 cm³/mol. The molecule has 0 aliphatic heterocycles. The third-order valence-electron chi connectivity index (χ3n) is 2.54. The molecule has 120 valence electrons. The molecule has 1 aromatic carbocycles. The molecule has 0 radical (unpaired) electrons. The molecule has 1 amide bonds. The first-order valence-corrected chi connectivity index (χ1v) is 6.51. The van der Waals surface area contributed by atoms with Crippen molar-refractivity contribution in [3.05, 3.63) is 23.8 Å². The molecule has 0 aliphatic rings. The lowest BCUT2D eigenvalue weighted by molar-refractivity contribution is -0.275. The Kier molecular flexibility index (Phi) is 6.50. The first-order valence-electron chi connectivity index (χ1n) is 6.51. The van der Waals surface area contributed by atoms with E-state index in [0.29, 0.717) is 5.56 Å². The van der Waals surface area contributed by atoms with Gasteiger partial charge < -0.3 is 14.8 Å². The zero-order chi connectivity index (χ0) is 16.6. The van der Waals surface area contributed by atoms with Crippen LogP contribution < -0.4 is 14.8 Å². The average molecular weight is 316 g/mol. The van der Waals surface area contributed by atoms with Crippen LogP contribution in [0.15, 0.2) is 18.2 Å². The SMILES string of the molecule is CCOc1ccc(CCC(=O)NCC#N)cc1OC(F)(F)F. The van der Waals surface area contributed by atoms with Gasteiger partial charge in [-0.3, -0.25) is 4.79 Å². The molecule has 1 aromatic rings. The van der Waals surface area contributed by atoms with E-state index in [9.17, 15) is 18.0 Å². The number of amides is 1. The van der Waals surface area contributed by atoms with Gasteiger partial charge in [0.15, 0.2) is 11.5 Å². The van der Waals surface area contributed by atoms with Crippen LogP contribution in [-0.2, 0) is 11.2 Å². The number of nitrogens with one attached hydrogen (secondary N) is 1. The van der Waals surface area contributed by atoms with Gasteiger partial charge in [0, 0.05) is 6.42 Å². The minimum Gasteiger partial charge on any atom is -0.490 e. The molecule has 0 bridgehead atoms. The fraction of sp³-hybridized carbons (Fsp3) is 0.429. The van der Waals surface area contributed by atoms with E-state index in [1.54, 1.807) is 19.1 Å². The molecule has 8 heteroatoms. The summed E-state index contributed by atoms with van der Waals surface area (Å²) in [5, 5.41) is 10.7. The summed E-state index contributed by atoms with van der Waals surface area (Å²) in [6.07, 6.45) is -4.55. The fourth-order valence-corrected chi connectivity index (χ4v) is 1.67. The number of carbonyl (C=O) groups is 1. The van der Waals surface area contributed by atoms with Crippen LogP contribution in [0.3, 0.4) is 0 Å². The van der Waals surface area contributed by atoms with Crippen LogP contribution >= 0.6 is 0 Å². The van der Waals surface area contributed by atoms with Crippen molar-refractivity contribution in [2.24, 2.45) is 0 Å². The summed E-state index contributed by atoms with van der Waals surface area (Å²) in [7, 11) is 0. The van der Waals surface area contributed by atoms with Crippen LogP contribution in [0.5, 0.6) is 11.5 Å². The predicted octanol–water partition coefficient (Wildman–Crippen LogP) is 2.56. The molecule has 0 aromatic heterocycles. The van der Waals surface area contributed by atoms with Gasteiger partial charge in [-0.05, 0) is 31.0 Å². The highest BCUT2D eigenvalue weighted by atomic mass is 19.4. The lowest BCUT2D eigenvalue weighted by Gasteiger charge is -2.14. The van der Waals surface area contributed by atoms with Gasteiger partial charge >= 0.3 is 6.36 Å². The first kappa shape index (κ1) is 17.6. The molecule has 22 heavy (non-hydrogen) atoms. The topological polar surface area (TPSA) is 71.3 Å². The highest BCUT2D eigenvalue weighted by Gasteiger charge is 2.32. The van der Waals surface area contributed by atoms with Crippen molar-refractivity contribution in [2.75, 3.05) is 13.2 Å². The van der Waals surface area contributed by atoms with Gasteiger partial charge in [-0.2, -0.15) is 5.26 Å².